The Morgan fingerprint density at radius 1 is 0.960 bits per heavy atom. The number of rotatable bonds is 3. The molecule has 1 fully saturated rings. The van der Waals surface area contributed by atoms with Crippen LogP contribution in [-0.4, -0.2) is 32.0 Å². The normalized spacial score (nSPS) is 15.4. The summed E-state index contributed by atoms with van der Waals surface area (Å²) in [7, 11) is 0. The lowest BCUT2D eigenvalue weighted by atomic mass is 10.1. The lowest BCUT2D eigenvalue weighted by molar-refractivity contribution is -0.367. The molecule has 1 aliphatic rings. The van der Waals surface area contributed by atoms with E-state index in [1.54, 1.807) is 0 Å². The first-order chi connectivity index (χ1) is 11.8. The highest BCUT2D eigenvalue weighted by molar-refractivity contribution is 5.94. The molecular formula is C18H19F3N3O+. The zero-order chi connectivity index (χ0) is 18.0. The van der Waals surface area contributed by atoms with Gasteiger partial charge in [-0.25, -0.2) is 4.98 Å². The van der Waals surface area contributed by atoms with Crippen molar-refractivity contribution in [3.8, 4) is 0 Å². The molecule has 25 heavy (non-hydrogen) atoms. The first kappa shape index (κ1) is 17.3. The summed E-state index contributed by atoms with van der Waals surface area (Å²) < 4.78 is 37.9. The maximum atomic E-state index is 12.6. The summed E-state index contributed by atoms with van der Waals surface area (Å²) in [6, 6.07) is 10.0. The maximum absolute atomic E-state index is 12.6. The zero-order valence-electron chi connectivity index (χ0n) is 13.8. The van der Waals surface area contributed by atoms with Gasteiger partial charge in [-0.2, -0.15) is 13.2 Å². The standard InChI is InChI=1S/C18H18F3N3O/c1-13(25)14-2-5-16(6-3-14)23-8-10-24(11-9-23)17-7-4-15(12-22-17)18(19,20)21/h2-7,12H,8-11H2,1H3/p+1. The minimum absolute atomic E-state index is 0.0363. The topological polar surface area (TPSA) is 37.7 Å². The number of H-pyrrole nitrogens is 1. The van der Waals surface area contributed by atoms with Gasteiger partial charge in [-0.1, -0.05) is 0 Å². The highest BCUT2D eigenvalue weighted by Gasteiger charge is 2.32. The SMILES string of the molecule is CC(=O)c1ccc(N2CCN(c3ccc(C(F)(F)F)c[nH+]3)CC2)cc1. The molecule has 2 heterocycles. The molecular weight excluding hydrogens is 331 g/mol. The Bertz CT molecular complexity index is 734. The number of nitrogens with one attached hydrogen (secondary N) is 1. The van der Waals surface area contributed by atoms with Crippen molar-refractivity contribution in [3.05, 3.63) is 53.7 Å². The molecule has 0 radical (unpaired) electrons. The van der Waals surface area contributed by atoms with Crippen molar-refractivity contribution in [3.63, 3.8) is 0 Å². The van der Waals surface area contributed by atoms with Gasteiger partial charge in [-0.3, -0.25) is 9.69 Å². The number of ketones is 1. The number of hydrogen-bond acceptors (Lipinski definition) is 3. The zero-order valence-corrected chi connectivity index (χ0v) is 13.8. The van der Waals surface area contributed by atoms with E-state index in [0.29, 0.717) is 24.5 Å². The van der Waals surface area contributed by atoms with Gasteiger partial charge in [0.2, 0.25) is 0 Å². The largest absolute Gasteiger partial charge is 0.419 e. The van der Waals surface area contributed by atoms with Gasteiger partial charge in [-0.15, -0.1) is 0 Å². The maximum Gasteiger partial charge on any atom is 0.419 e. The van der Waals surface area contributed by atoms with Gasteiger partial charge in [0.25, 0.3) is 5.82 Å². The van der Waals surface area contributed by atoms with Crippen LogP contribution >= 0.6 is 0 Å². The molecule has 0 saturated carbocycles. The minimum atomic E-state index is -4.33. The molecule has 1 aromatic heterocycles. The number of nitrogens with zero attached hydrogens (tertiary/aromatic N) is 2. The summed E-state index contributed by atoms with van der Waals surface area (Å²) in [5, 5.41) is 0. The molecule has 1 N–H and O–H groups in total. The fourth-order valence-corrected chi connectivity index (χ4v) is 2.90. The Morgan fingerprint density at radius 3 is 2.04 bits per heavy atom. The number of halogens is 3. The molecule has 0 bridgehead atoms. The Labute approximate surface area is 143 Å². The molecule has 0 amide bonds. The number of Topliss-reactive ketones (excluding diaryl/α,β-unsaturated/α-hetero) is 1. The van der Waals surface area contributed by atoms with Crippen LogP contribution in [0.15, 0.2) is 42.6 Å². The smallest absolute Gasteiger partial charge is 0.364 e. The molecule has 1 aliphatic heterocycles. The number of hydrogen-bond donors (Lipinski definition) is 0. The molecule has 132 valence electrons. The van der Waals surface area contributed by atoms with E-state index in [4.69, 9.17) is 0 Å². The summed E-state index contributed by atoms with van der Waals surface area (Å²) in [4.78, 5) is 18.3. The van der Waals surface area contributed by atoms with E-state index in [1.165, 1.54) is 13.0 Å². The number of benzene rings is 1. The molecule has 7 heteroatoms. The fourth-order valence-electron chi connectivity index (χ4n) is 2.90. The second-order valence-electron chi connectivity index (χ2n) is 6.04. The number of carbonyl (C=O) groups excluding carboxylic acids is 1. The number of aromatic amines is 1. The summed E-state index contributed by atoms with van der Waals surface area (Å²) in [5.74, 6) is 0.716. The van der Waals surface area contributed by atoms with Crippen molar-refractivity contribution >= 4 is 17.3 Å². The van der Waals surface area contributed by atoms with E-state index in [9.17, 15) is 18.0 Å². The number of piperazine rings is 1. The quantitative estimate of drug-likeness (QED) is 0.799. The second-order valence-corrected chi connectivity index (χ2v) is 6.04. The third kappa shape index (κ3) is 3.92. The predicted octanol–water partition coefficient (Wildman–Crippen LogP) is 3.05. The van der Waals surface area contributed by atoms with Gasteiger partial charge in [0.1, 0.15) is 19.3 Å². The van der Waals surface area contributed by atoms with E-state index in [-0.39, 0.29) is 5.78 Å². The van der Waals surface area contributed by atoms with E-state index in [1.807, 2.05) is 29.2 Å². The van der Waals surface area contributed by atoms with E-state index < -0.39 is 11.7 Å². The highest BCUT2D eigenvalue weighted by atomic mass is 19.4. The number of anilines is 2. The summed E-state index contributed by atoms with van der Waals surface area (Å²) in [6.45, 7) is 4.46. The molecule has 4 nitrogen and oxygen atoms in total. The van der Waals surface area contributed by atoms with Crippen LogP contribution in [0, 0.1) is 0 Å². The third-order valence-electron chi connectivity index (χ3n) is 4.38. The molecule has 0 atom stereocenters. The molecule has 2 aromatic rings. The Kier molecular flexibility index (Phi) is 4.65. The van der Waals surface area contributed by atoms with Crippen molar-refractivity contribution < 1.29 is 22.9 Å². The average molecular weight is 350 g/mol. The molecule has 1 saturated heterocycles. The predicted molar refractivity (Wildman–Crippen MR) is 88.9 cm³/mol. The fraction of sp³-hybridized carbons (Fsp3) is 0.333. The van der Waals surface area contributed by atoms with Gasteiger partial charge >= 0.3 is 6.18 Å². The van der Waals surface area contributed by atoms with E-state index >= 15 is 0 Å². The van der Waals surface area contributed by atoms with Crippen molar-refractivity contribution in [1.82, 2.24) is 0 Å². The van der Waals surface area contributed by atoms with Crippen LogP contribution in [-0.2, 0) is 6.18 Å². The van der Waals surface area contributed by atoms with Gasteiger partial charge < -0.3 is 4.90 Å². The second kappa shape index (κ2) is 6.74. The molecule has 0 spiro atoms. The number of aromatic nitrogens is 1. The van der Waals surface area contributed by atoms with Crippen LogP contribution in [0.25, 0.3) is 0 Å². The van der Waals surface area contributed by atoms with Crippen LogP contribution in [0.3, 0.4) is 0 Å². The minimum Gasteiger partial charge on any atom is -0.364 e. The van der Waals surface area contributed by atoms with Gasteiger partial charge in [0.15, 0.2) is 5.78 Å². The summed E-state index contributed by atoms with van der Waals surface area (Å²) >= 11 is 0. The van der Waals surface area contributed by atoms with E-state index in [0.717, 1.165) is 31.0 Å². The lowest BCUT2D eigenvalue weighted by Gasteiger charge is -2.32. The third-order valence-corrected chi connectivity index (χ3v) is 4.38. The molecule has 3 rings (SSSR count). The highest BCUT2D eigenvalue weighted by Crippen LogP contribution is 2.28. The Hall–Kier alpha value is -2.57. The van der Waals surface area contributed by atoms with Crippen LogP contribution < -0.4 is 14.8 Å². The number of carbonyl (C=O) groups is 1. The first-order valence-corrected chi connectivity index (χ1v) is 8.04. The lowest BCUT2D eigenvalue weighted by Crippen LogP contribution is -2.48. The number of pyridine rings is 1. The van der Waals surface area contributed by atoms with Crippen molar-refractivity contribution in [1.29, 1.82) is 0 Å². The van der Waals surface area contributed by atoms with Gasteiger partial charge in [0.05, 0.1) is 18.7 Å². The van der Waals surface area contributed by atoms with Crippen molar-refractivity contribution in [2.75, 3.05) is 36.0 Å². The monoisotopic (exact) mass is 350 g/mol. The first-order valence-electron chi connectivity index (χ1n) is 8.04. The molecule has 1 aromatic carbocycles. The molecule has 0 unspecified atom stereocenters. The van der Waals surface area contributed by atoms with E-state index in [2.05, 4.69) is 9.88 Å². The summed E-state index contributed by atoms with van der Waals surface area (Å²) in [6.07, 6.45) is -3.33. The average Bonchev–Trinajstić information content (AvgIpc) is 2.61. The van der Waals surface area contributed by atoms with Crippen molar-refractivity contribution in [2.45, 2.75) is 13.1 Å². The number of alkyl halides is 3. The van der Waals surface area contributed by atoms with Crippen LogP contribution in [0.5, 0.6) is 0 Å². The van der Waals surface area contributed by atoms with Crippen LogP contribution in [0.2, 0.25) is 0 Å². The Morgan fingerprint density at radius 2 is 1.56 bits per heavy atom. The van der Waals surface area contributed by atoms with Crippen molar-refractivity contribution in [2.24, 2.45) is 0 Å². The molecule has 0 aliphatic carbocycles. The van der Waals surface area contributed by atoms with Gasteiger partial charge in [-0.05, 0) is 37.3 Å². The van der Waals surface area contributed by atoms with Crippen LogP contribution in [0.1, 0.15) is 22.8 Å². The van der Waals surface area contributed by atoms with Gasteiger partial charge in [0, 0.05) is 17.3 Å². The Balaban J connectivity index is 1.62. The summed E-state index contributed by atoms with van der Waals surface area (Å²) in [5.41, 5.74) is 1.04. The van der Waals surface area contributed by atoms with Crippen LogP contribution in [0.4, 0.5) is 24.7 Å².